The Morgan fingerprint density at radius 3 is 2.47 bits per heavy atom. The molecule has 0 aliphatic heterocycles. The van der Waals surface area contributed by atoms with Crippen LogP contribution in [0.3, 0.4) is 0 Å². The minimum atomic E-state index is 0.0432. The van der Waals surface area contributed by atoms with Crippen molar-refractivity contribution < 1.29 is 9.53 Å². The van der Waals surface area contributed by atoms with Crippen molar-refractivity contribution in [3.8, 4) is 0 Å². The molecule has 0 rings (SSSR count). The summed E-state index contributed by atoms with van der Waals surface area (Å²) in [6, 6.07) is 0.196. The first-order valence-electron chi connectivity index (χ1n) is 6.11. The first-order valence-corrected chi connectivity index (χ1v) is 6.11. The second kappa shape index (κ2) is 9.39. The molecule has 0 aromatic carbocycles. The Kier molecular flexibility index (Phi) is 9.03. The Labute approximate surface area is 105 Å². The molecule has 0 aromatic heterocycles. The quantitative estimate of drug-likeness (QED) is 0.558. The van der Waals surface area contributed by atoms with Crippen molar-refractivity contribution in [1.29, 1.82) is 0 Å². The topological polar surface area (TPSA) is 53.6 Å². The largest absolute Gasteiger partial charge is 0.383 e. The Morgan fingerprint density at radius 2 is 2.00 bits per heavy atom. The van der Waals surface area contributed by atoms with Crippen LogP contribution in [0.1, 0.15) is 13.8 Å². The molecule has 1 amide bonds. The molecule has 0 aromatic rings. The van der Waals surface area contributed by atoms with E-state index in [0.29, 0.717) is 25.6 Å². The minimum absolute atomic E-state index is 0.0432. The van der Waals surface area contributed by atoms with E-state index in [4.69, 9.17) is 4.74 Å². The number of hydrogen-bond acceptors (Lipinski definition) is 4. The molecule has 0 radical (unpaired) electrons. The van der Waals surface area contributed by atoms with Gasteiger partial charge in [-0.2, -0.15) is 0 Å². The number of amides is 1. The molecule has 2 N–H and O–H groups in total. The average Bonchev–Trinajstić information content (AvgIpc) is 2.22. The summed E-state index contributed by atoms with van der Waals surface area (Å²) in [5, 5.41) is 6.07. The van der Waals surface area contributed by atoms with Crippen molar-refractivity contribution in [3.05, 3.63) is 0 Å². The lowest BCUT2D eigenvalue weighted by Crippen LogP contribution is -2.47. The predicted octanol–water partition coefficient (Wildman–Crippen LogP) is -0.0752. The van der Waals surface area contributed by atoms with Crippen LogP contribution in [0.25, 0.3) is 0 Å². The van der Waals surface area contributed by atoms with Gasteiger partial charge in [-0.1, -0.05) is 13.8 Å². The summed E-state index contributed by atoms with van der Waals surface area (Å²) >= 11 is 0. The summed E-state index contributed by atoms with van der Waals surface area (Å²) in [4.78, 5) is 13.8. The SMILES string of the molecule is COCCNCC(=O)NC(CN(C)C)C(C)C. The highest BCUT2D eigenvalue weighted by atomic mass is 16.5. The lowest BCUT2D eigenvalue weighted by Gasteiger charge is -2.25. The minimum Gasteiger partial charge on any atom is -0.383 e. The van der Waals surface area contributed by atoms with Crippen molar-refractivity contribution >= 4 is 5.91 Å². The van der Waals surface area contributed by atoms with Gasteiger partial charge >= 0.3 is 0 Å². The van der Waals surface area contributed by atoms with E-state index in [0.717, 1.165) is 6.54 Å². The second-order valence-corrected chi connectivity index (χ2v) is 4.85. The maximum atomic E-state index is 11.7. The molecule has 0 spiro atoms. The molecule has 5 heteroatoms. The smallest absolute Gasteiger partial charge is 0.234 e. The number of likely N-dealkylation sites (N-methyl/N-ethyl adjacent to an activating group) is 1. The van der Waals surface area contributed by atoms with Crippen molar-refractivity contribution in [1.82, 2.24) is 15.5 Å². The molecule has 17 heavy (non-hydrogen) atoms. The van der Waals surface area contributed by atoms with Crippen LogP contribution in [0, 0.1) is 5.92 Å². The summed E-state index contributed by atoms with van der Waals surface area (Å²) in [6.07, 6.45) is 0. The summed E-state index contributed by atoms with van der Waals surface area (Å²) in [5.41, 5.74) is 0. The molecule has 0 aliphatic rings. The average molecular weight is 245 g/mol. The standard InChI is InChI=1S/C12H27N3O2/c1-10(2)11(9-15(3)4)14-12(16)8-13-6-7-17-5/h10-11,13H,6-9H2,1-5H3,(H,14,16). The van der Waals surface area contributed by atoms with Crippen molar-refractivity contribution in [2.45, 2.75) is 19.9 Å². The van der Waals surface area contributed by atoms with Gasteiger partial charge in [0, 0.05) is 26.2 Å². The zero-order chi connectivity index (χ0) is 13.3. The molecule has 0 aliphatic carbocycles. The summed E-state index contributed by atoms with van der Waals surface area (Å²) in [5.74, 6) is 0.474. The molecule has 0 fully saturated rings. The molecular formula is C12H27N3O2. The maximum Gasteiger partial charge on any atom is 0.234 e. The number of methoxy groups -OCH3 is 1. The fraction of sp³-hybridized carbons (Fsp3) is 0.917. The summed E-state index contributed by atoms with van der Waals surface area (Å²) < 4.78 is 4.89. The Morgan fingerprint density at radius 1 is 1.35 bits per heavy atom. The molecule has 102 valence electrons. The lowest BCUT2D eigenvalue weighted by atomic mass is 10.0. The van der Waals surface area contributed by atoms with Crippen LogP contribution < -0.4 is 10.6 Å². The van der Waals surface area contributed by atoms with E-state index in [2.05, 4.69) is 29.4 Å². The first-order chi connectivity index (χ1) is 7.97. The number of carbonyl (C=O) groups is 1. The van der Waals surface area contributed by atoms with Crippen LogP contribution in [0.15, 0.2) is 0 Å². The number of rotatable bonds is 9. The second-order valence-electron chi connectivity index (χ2n) is 4.85. The Balaban J connectivity index is 3.87. The molecular weight excluding hydrogens is 218 g/mol. The van der Waals surface area contributed by atoms with E-state index < -0.39 is 0 Å². The number of nitrogens with zero attached hydrogens (tertiary/aromatic N) is 1. The highest BCUT2D eigenvalue weighted by molar-refractivity contribution is 5.78. The Bertz CT molecular complexity index is 208. The van der Waals surface area contributed by atoms with Gasteiger partial charge in [-0.3, -0.25) is 4.79 Å². The summed E-state index contributed by atoms with van der Waals surface area (Å²) in [7, 11) is 5.67. The molecule has 5 nitrogen and oxygen atoms in total. The third kappa shape index (κ3) is 9.09. The van der Waals surface area contributed by atoms with Gasteiger partial charge in [-0.15, -0.1) is 0 Å². The monoisotopic (exact) mass is 245 g/mol. The van der Waals surface area contributed by atoms with Crippen LogP contribution >= 0.6 is 0 Å². The van der Waals surface area contributed by atoms with Crippen LogP contribution in [0.2, 0.25) is 0 Å². The van der Waals surface area contributed by atoms with E-state index in [1.165, 1.54) is 0 Å². The van der Waals surface area contributed by atoms with Gasteiger partial charge in [0.1, 0.15) is 0 Å². The van der Waals surface area contributed by atoms with Crippen molar-refractivity contribution in [2.24, 2.45) is 5.92 Å². The van der Waals surface area contributed by atoms with Crippen LogP contribution in [0.4, 0.5) is 0 Å². The zero-order valence-electron chi connectivity index (χ0n) is 11.7. The van der Waals surface area contributed by atoms with E-state index in [1.807, 2.05) is 14.1 Å². The third-order valence-corrected chi connectivity index (χ3v) is 2.48. The molecule has 0 saturated carbocycles. The highest BCUT2D eigenvalue weighted by Gasteiger charge is 2.16. The van der Waals surface area contributed by atoms with Crippen molar-refractivity contribution in [2.75, 3.05) is 47.4 Å². The normalized spacial score (nSPS) is 13.1. The number of nitrogens with one attached hydrogen (secondary N) is 2. The lowest BCUT2D eigenvalue weighted by molar-refractivity contribution is -0.121. The van der Waals surface area contributed by atoms with E-state index in [1.54, 1.807) is 7.11 Å². The maximum absolute atomic E-state index is 11.7. The van der Waals surface area contributed by atoms with Gasteiger partial charge in [-0.05, 0) is 20.0 Å². The van der Waals surface area contributed by atoms with E-state index in [9.17, 15) is 4.79 Å². The van der Waals surface area contributed by atoms with E-state index >= 15 is 0 Å². The fourth-order valence-electron chi connectivity index (χ4n) is 1.45. The van der Waals surface area contributed by atoms with Crippen LogP contribution in [0.5, 0.6) is 0 Å². The summed E-state index contributed by atoms with van der Waals surface area (Å²) in [6.45, 7) is 6.77. The van der Waals surface area contributed by atoms with Crippen LogP contribution in [-0.2, 0) is 9.53 Å². The first kappa shape index (κ1) is 16.4. The fourth-order valence-corrected chi connectivity index (χ4v) is 1.45. The van der Waals surface area contributed by atoms with Gasteiger partial charge in [0.25, 0.3) is 0 Å². The van der Waals surface area contributed by atoms with E-state index in [-0.39, 0.29) is 11.9 Å². The van der Waals surface area contributed by atoms with Crippen molar-refractivity contribution in [3.63, 3.8) is 0 Å². The molecule has 1 atom stereocenters. The number of ether oxygens (including phenoxy) is 1. The van der Waals surface area contributed by atoms with Gasteiger partial charge in [-0.25, -0.2) is 0 Å². The van der Waals surface area contributed by atoms with Gasteiger partial charge in [0.15, 0.2) is 0 Å². The zero-order valence-corrected chi connectivity index (χ0v) is 11.7. The van der Waals surface area contributed by atoms with Crippen LogP contribution in [-0.4, -0.2) is 64.3 Å². The van der Waals surface area contributed by atoms with Gasteiger partial charge in [0.05, 0.1) is 13.2 Å². The molecule has 0 saturated heterocycles. The predicted molar refractivity (Wildman–Crippen MR) is 70.1 cm³/mol. The molecule has 0 heterocycles. The molecule has 1 unspecified atom stereocenters. The Hall–Kier alpha value is -0.650. The van der Waals surface area contributed by atoms with Gasteiger partial charge < -0.3 is 20.3 Å². The highest BCUT2D eigenvalue weighted by Crippen LogP contribution is 2.02. The molecule has 0 bridgehead atoms. The number of carbonyl (C=O) groups excluding carboxylic acids is 1. The van der Waals surface area contributed by atoms with Gasteiger partial charge in [0.2, 0.25) is 5.91 Å². The third-order valence-electron chi connectivity index (χ3n) is 2.48. The number of hydrogen-bond donors (Lipinski definition) is 2.